The van der Waals surface area contributed by atoms with E-state index in [9.17, 15) is 18.4 Å². The van der Waals surface area contributed by atoms with Gasteiger partial charge in [-0.05, 0) is 42.7 Å². The van der Waals surface area contributed by atoms with E-state index in [-0.39, 0.29) is 12.0 Å². The summed E-state index contributed by atoms with van der Waals surface area (Å²) < 4.78 is 29.4. The summed E-state index contributed by atoms with van der Waals surface area (Å²) >= 11 is 0. The first-order valence-corrected chi connectivity index (χ1v) is 9.78. The Bertz CT molecular complexity index is 1030. The highest BCUT2D eigenvalue weighted by Crippen LogP contribution is 2.17. The molecule has 0 fully saturated rings. The summed E-state index contributed by atoms with van der Waals surface area (Å²) in [6.45, 7) is 5.28. The van der Waals surface area contributed by atoms with E-state index in [4.69, 9.17) is 0 Å². The first kappa shape index (κ1) is 22.1. The number of hydrogen-bond acceptors (Lipinski definition) is 4. The molecule has 2 amide bonds. The second-order valence-electron chi connectivity index (χ2n) is 7.45. The predicted octanol–water partition coefficient (Wildman–Crippen LogP) is 3.18. The normalized spacial score (nSPS) is 13.0. The van der Waals surface area contributed by atoms with E-state index in [1.165, 1.54) is 12.4 Å². The van der Waals surface area contributed by atoms with E-state index in [1.54, 1.807) is 31.8 Å². The van der Waals surface area contributed by atoms with E-state index in [2.05, 4.69) is 20.7 Å². The largest absolute Gasteiger partial charge is 0.348 e. The van der Waals surface area contributed by atoms with Gasteiger partial charge in [-0.15, -0.1) is 0 Å². The molecule has 0 aliphatic carbocycles. The van der Waals surface area contributed by atoms with Gasteiger partial charge in [0.1, 0.15) is 35.9 Å². The number of benzene rings is 2. The third-order valence-electron chi connectivity index (χ3n) is 4.86. The number of nitrogens with zero attached hydrogens (tertiary/aromatic N) is 3. The van der Waals surface area contributed by atoms with Crippen LogP contribution in [0.15, 0.2) is 55.1 Å². The Labute approximate surface area is 178 Å². The molecule has 9 heteroatoms. The number of aromatic nitrogens is 3. The maximum Gasteiger partial charge on any atom is 0.257 e. The van der Waals surface area contributed by atoms with Crippen LogP contribution in [0, 0.1) is 17.6 Å². The summed E-state index contributed by atoms with van der Waals surface area (Å²) in [6.07, 6.45) is 3.01. The molecule has 1 aromatic heterocycles. The van der Waals surface area contributed by atoms with Gasteiger partial charge in [-0.25, -0.2) is 18.4 Å². The highest BCUT2D eigenvalue weighted by Gasteiger charge is 2.28. The van der Waals surface area contributed by atoms with Crippen molar-refractivity contribution in [2.24, 2.45) is 5.92 Å². The number of nitrogens with one attached hydrogen (secondary N) is 2. The van der Waals surface area contributed by atoms with Crippen molar-refractivity contribution in [1.82, 2.24) is 25.4 Å². The Balaban J connectivity index is 1.69. The number of carbonyl (C=O) groups is 2. The van der Waals surface area contributed by atoms with Crippen LogP contribution in [0.1, 0.15) is 42.7 Å². The first-order chi connectivity index (χ1) is 14.8. The zero-order valence-corrected chi connectivity index (χ0v) is 17.3. The molecule has 2 aromatic carbocycles. The minimum absolute atomic E-state index is 0.305. The zero-order chi connectivity index (χ0) is 22.5. The van der Waals surface area contributed by atoms with Crippen molar-refractivity contribution in [2.75, 3.05) is 0 Å². The van der Waals surface area contributed by atoms with Crippen LogP contribution in [0.2, 0.25) is 0 Å². The fourth-order valence-corrected chi connectivity index (χ4v) is 3.11. The lowest BCUT2D eigenvalue weighted by molar-refractivity contribution is -0.124. The van der Waals surface area contributed by atoms with Crippen molar-refractivity contribution >= 4 is 11.8 Å². The number of halogens is 2. The second-order valence-corrected chi connectivity index (χ2v) is 7.45. The molecular weight excluding hydrogens is 404 g/mol. The highest BCUT2D eigenvalue weighted by molar-refractivity contribution is 5.98. The molecule has 0 spiro atoms. The van der Waals surface area contributed by atoms with E-state index >= 15 is 0 Å². The summed E-state index contributed by atoms with van der Waals surface area (Å²) in [5.74, 6) is -3.70. The van der Waals surface area contributed by atoms with Gasteiger partial charge < -0.3 is 10.6 Å². The minimum Gasteiger partial charge on any atom is -0.348 e. The Morgan fingerprint density at radius 1 is 0.968 bits per heavy atom. The summed E-state index contributed by atoms with van der Waals surface area (Å²) in [5.41, 5.74) is 0.947. The maximum atomic E-state index is 13.9. The zero-order valence-electron chi connectivity index (χ0n) is 17.3. The Morgan fingerprint density at radius 2 is 1.61 bits per heavy atom. The molecule has 0 saturated heterocycles. The third-order valence-corrected chi connectivity index (χ3v) is 4.86. The van der Waals surface area contributed by atoms with Crippen LogP contribution >= 0.6 is 0 Å². The molecule has 0 bridgehead atoms. The average molecular weight is 427 g/mol. The van der Waals surface area contributed by atoms with Gasteiger partial charge in [0.05, 0.1) is 11.7 Å². The summed E-state index contributed by atoms with van der Waals surface area (Å²) in [5, 5.41) is 9.35. The Morgan fingerprint density at radius 3 is 2.16 bits per heavy atom. The van der Waals surface area contributed by atoms with Crippen molar-refractivity contribution in [3.05, 3.63) is 77.9 Å². The predicted molar refractivity (Wildman–Crippen MR) is 110 cm³/mol. The lowest BCUT2D eigenvalue weighted by atomic mass is 10.0. The van der Waals surface area contributed by atoms with E-state index in [0.29, 0.717) is 0 Å². The van der Waals surface area contributed by atoms with E-state index < -0.39 is 35.1 Å². The molecule has 162 valence electrons. The lowest BCUT2D eigenvalue weighted by Gasteiger charge is -2.24. The second kappa shape index (κ2) is 9.46. The van der Waals surface area contributed by atoms with Gasteiger partial charge in [0.25, 0.3) is 5.91 Å². The average Bonchev–Trinajstić information content (AvgIpc) is 3.26. The van der Waals surface area contributed by atoms with E-state index in [0.717, 1.165) is 23.4 Å². The van der Waals surface area contributed by atoms with Gasteiger partial charge in [0, 0.05) is 0 Å². The number of carbonyl (C=O) groups excluding carboxylic acids is 2. The third kappa shape index (κ3) is 5.11. The summed E-state index contributed by atoms with van der Waals surface area (Å²) in [4.78, 5) is 29.2. The summed E-state index contributed by atoms with van der Waals surface area (Å²) in [6, 6.07) is 9.21. The van der Waals surface area contributed by atoms with Gasteiger partial charge in [-0.3, -0.25) is 9.59 Å². The standard InChI is InChI=1S/C22H23F2N5O2/c1-13(2)20(28-21(30)19-17(23)5-4-6-18(19)24)22(31)27-14(3)15-7-9-16(10-8-15)29-12-25-11-26-29/h4-14,20H,1-3H3,(H,27,31)(H,28,30)/t14-,20-/m1/s1. The minimum atomic E-state index is -0.985. The molecule has 0 aliphatic heterocycles. The topological polar surface area (TPSA) is 88.9 Å². The fraction of sp³-hybridized carbons (Fsp3) is 0.273. The van der Waals surface area contributed by atoms with Crippen LogP contribution < -0.4 is 10.6 Å². The maximum absolute atomic E-state index is 13.9. The van der Waals surface area contributed by atoms with Gasteiger partial charge >= 0.3 is 0 Å². The SMILES string of the molecule is CC(C)[C@@H](NC(=O)c1c(F)cccc1F)C(=O)N[C@H](C)c1ccc(-n2cncn2)cc1. The van der Waals surface area contributed by atoms with Gasteiger partial charge in [0.2, 0.25) is 5.91 Å². The van der Waals surface area contributed by atoms with Crippen LogP contribution in [-0.4, -0.2) is 32.6 Å². The molecule has 2 N–H and O–H groups in total. The number of rotatable bonds is 7. The molecule has 0 aliphatic rings. The molecule has 0 saturated carbocycles. The molecule has 0 radical (unpaired) electrons. The number of hydrogen-bond donors (Lipinski definition) is 2. The van der Waals surface area contributed by atoms with Gasteiger partial charge in [-0.2, -0.15) is 5.10 Å². The Hall–Kier alpha value is -3.62. The van der Waals surface area contributed by atoms with Crippen LogP contribution in [0.5, 0.6) is 0 Å². The monoisotopic (exact) mass is 427 g/mol. The molecule has 31 heavy (non-hydrogen) atoms. The van der Waals surface area contributed by atoms with Crippen molar-refractivity contribution < 1.29 is 18.4 Å². The Kier molecular flexibility index (Phi) is 6.74. The van der Waals surface area contributed by atoms with Gasteiger partial charge in [0.15, 0.2) is 0 Å². The lowest BCUT2D eigenvalue weighted by Crippen LogP contribution is -2.50. The quantitative estimate of drug-likeness (QED) is 0.606. The van der Waals surface area contributed by atoms with Crippen molar-refractivity contribution in [3.8, 4) is 5.69 Å². The highest BCUT2D eigenvalue weighted by atomic mass is 19.1. The van der Waals surface area contributed by atoms with Crippen molar-refractivity contribution in [2.45, 2.75) is 32.9 Å². The van der Waals surface area contributed by atoms with Crippen LogP contribution in [0.3, 0.4) is 0 Å². The smallest absolute Gasteiger partial charge is 0.257 e. The molecule has 2 atom stereocenters. The first-order valence-electron chi connectivity index (χ1n) is 9.78. The molecule has 1 heterocycles. The molecule has 0 unspecified atom stereocenters. The fourth-order valence-electron chi connectivity index (χ4n) is 3.11. The molecule has 7 nitrogen and oxygen atoms in total. The van der Waals surface area contributed by atoms with Gasteiger partial charge in [-0.1, -0.05) is 32.0 Å². The summed E-state index contributed by atoms with van der Waals surface area (Å²) in [7, 11) is 0. The number of amides is 2. The van der Waals surface area contributed by atoms with Crippen LogP contribution in [0.25, 0.3) is 5.69 Å². The van der Waals surface area contributed by atoms with Crippen LogP contribution in [0.4, 0.5) is 8.78 Å². The molecular formula is C22H23F2N5O2. The van der Waals surface area contributed by atoms with Crippen LogP contribution in [-0.2, 0) is 4.79 Å². The van der Waals surface area contributed by atoms with E-state index in [1.807, 2.05) is 24.3 Å². The van der Waals surface area contributed by atoms with Crippen molar-refractivity contribution in [3.63, 3.8) is 0 Å². The molecule has 3 rings (SSSR count). The van der Waals surface area contributed by atoms with Crippen molar-refractivity contribution in [1.29, 1.82) is 0 Å². The molecule has 3 aromatic rings.